The first-order valence-corrected chi connectivity index (χ1v) is 6.48. The summed E-state index contributed by atoms with van der Waals surface area (Å²) in [5, 5.41) is 3.75. The molecule has 0 saturated heterocycles. The summed E-state index contributed by atoms with van der Waals surface area (Å²) in [6, 6.07) is 12.0. The van der Waals surface area contributed by atoms with Crippen LogP contribution in [0, 0.1) is 5.82 Å². The lowest BCUT2D eigenvalue weighted by molar-refractivity contribution is 0.341. The van der Waals surface area contributed by atoms with Crippen LogP contribution < -0.4 is 10.1 Å². The number of ether oxygens (including phenoxy) is 1. The Bertz CT molecular complexity index is 560. The molecule has 2 aromatic rings. The number of hydrogen-bond acceptors (Lipinski definition) is 2. The maximum Gasteiger partial charge on any atom is 0.142 e. The Morgan fingerprint density at radius 1 is 1.21 bits per heavy atom. The fourth-order valence-electron chi connectivity index (χ4n) is 1.76. The highest BCUT2D eigenvalue weighted by atomic mass is 35.5. The van der Waals surface area contributed by atoms with Gasteiger partial charge in [0.15, 0.2) is 0 Å². The third-order valence-electron chi connectivity index (χ3n) is 2.66. The molecule has 0 fully saturated rings. The first-order chi connectivity index (χ1) is 9.20. The summed E-state index contributed by atoms with van der Waals surface area (Å²) in [4.78, 5) is 0. The number of para-hydroxylation sites is 2. The predicted octanol–water partition coefficient (Wildman–Crippen LogP) is 4.49. The van der Waals surface area contributed by atoms with Crippen molar-refractivity contribution in [2.24, 2.45) is 0 Å². The molecule has 0 heterocycles. The third-order valence-corrected chi connectivity index (χ3v) is 3.03. The van der Waals surface area contributed by atoms with Crippen LogP contribution in [0.25, 0.3) is 0 Å². The van der Waals surface area contributed by atoms with Crippen molar-refractivity contribution in [2.45, 2.75) is 13.5 Å². The Morgan fingerprint density at radius 2 is 2.00 bits per heavy atom. The van der Waals surface area contributed by atoms with Gasteiger partial charge in [-0.1, -0.05) is 23.7 Å². The molecular weight excluding hydrogens is 265 g/mol. The molecule has 0 aliphatic rings. The molecule has 2 nitrogen and oxygen atoms in total. The van der Waals surface area contributed by atoms with E-state index in [4.69, 9.17) is 16.3 Å². The van der Waals surface area contributed by atoms with E-state index in [9.17, 15) is 4.39 Å². The van der Waals surface area contributed by atoms with Crippen LogP contribution in [0.5, 0.6) is 5.75 Å². The van der Waals surface area contributed by atoms with E-state index >= 15 is 0 Å². The second-order valence-corrected chi connectivity index (χ2v) is 4.43. The highest BCUT2D eigenvalue weighted by Crippen LogP contribution is 2.25. The SMILES string of the molecule is CCOc1ccccc1NCc1cc(F)ccc1Cl. The molecular formula is C15H15ClFNO. The average molecular weight is 280 g/mol. The van der Waals surface area contributed by atoms with E-state index in [0.29, 0.717) is 23.7 Å². The molecule has 0 bridgehead atoms. The Labute approximate surface area is 117 Å². The molecule has 19 heavy (non-hydrogen) atoms. The zero-order valence-corrected chi connectivity index (χ0v) is 11.4. The summed E-state index contributed by atoms with van der Waals surface area (Å²) in [7, 11) is 0. The number of halogens is 2. The van der Waals surface area contributed by atoms with Gasteiger partial charge in [0.25, 0.3) is 0 Å². The van der Waals surface area contributed by atoms with Crippen LogP contribution in [-0.4, -0.2) is 6.61 Å². The Hall–Kier alpha value is -1.74. The highest BCUT2D eigenvalue weighted by Gasteiger charge is 2.05. The van der Waals surface area contributed by atoms with E-state index in [2.05, 4.69) is 5.32 Å². The number of anilines is 1. The predicted molar refractivity (Wildman–Crippen MR) is 76.3 cm³/mol. The minimum atomic E-state index is -0.292. The van der Waals surface area contributed by atoms with Crippen LogP contribution in [-0.2, 0) is 6.54 Å². The lowest BCUT2D eigenvalue weighted by Gasteiger charge is -2.12. The average Bonchev–Trinajstić information content (AvgIpc) is 2.42. The van der Waals surface area contributed by atoms with Gasteiger partial charge in [0.05, 0.1) is 12.3 Å². The van der Waals surface area contributed by atoms with Gasteiger partial charge in [-0.25, -0.2) is 4.39 Å². The molecule has 100 valence electrons. The summed E-state index contributed by atoms with van der Waals surface area (Å²) < 4.78 is 18.7. The van der Waals surface area contributed by atoms with Crippen molar-refractivity contribution >= 4 is 17.3 Å². The normalized spacial score (nSPS) is 10.3. The van der Waals surface area contributed by atoms with Crippen LogP contribution >= 0.6 is 11.6 Å². The summed E-state index contributed by atoms with van der Waals surface area (Å²) >= 11 is 6.03. The Kier molecular flexibility index (Phi) is 4.63. The van der Waals surface area contributed by atoms with Crippen molar-refractivity contribution in [3.8, 4) is 5.75 Å². The molecule has 0 aromatic heterocycles. The summed E-state index contributed by atoms with van der Waals surface area (Å²) in [6.45, 7) is 2.97. The Balaban J connectivity index is 2.12. The smallest absolute Gasteiger partial charge is 0.142 e. The molecule has 1 N–H and O–H groups in total. The van der Waals surface area contributed by atoms with Gasteiger partial charge < -0.3 is 10.1 Å². The largest absolute Gasteiger partial charge is 0.492 e. The van der Waals surface area contributed by atoms with Gasteiger partial charge in [0.2, 0.25) is 0 Å². The van der Waals surface area contributed by atoms with E-state index in [1.807, 2.05) is 31.2 Å². The van der Waals surface area contributed by atoms with Crippen molar-refractivity contribution in [3.05, 3.63) is 58.9 Å². The molecule has 0 amide bonds. The van der Waals surface area contributed by atoms with Gasteiger partial charge >= 0.3 is 0 Å². The second kappa shape index (κ2) is 6.43. The minimum Gasteiger partial charge on any atom is -0.492 e. The molecule has 0 aliphatic carbocycles. The number of rotatable bonds is 5. The van der Waals surface area contributed by atoms with Crippen LogP contribution in [0.15, 0.2) is 42.5 Å². The Morgan fingerprint density at radius 3 is 2.79 bits per heavy atom. The fourth-order valence-corrected chi connectivity index (χ4v) is 1.95. The van der Waals surface area contributed by atoms with E-state index in [1.54, 1.807) is 6.07 Å². The zero-order chi connectivity index (χ0) is 13.7. The van der Waals surface area contributed by atoms with Crippen LogP contribution in [0.3, 0.4) is 0 Å². The van der Waals surface area contributed by atoms with Gasteiger partial charge in [0.1, 0.15) is 11.6 Å². The van der Waals surface area contributed by atoms with Gasteiger partial charge in [-0.2, -0.15) is 0 Å². The third kappa shape index (κ3) is 3.61. The summed E-state index contributed by atoms with van der Waals surface area (Å²) in [5.74, 6) is 0.483. The van der Waals surface area contributed by atoms with Gasteiger partial charge in [-0.05, 0) is 42.8 Å². The topological polar surface area (TPSA) is 21.3 Å². The molecule has 0 atom stereocenters. The van der Waals surface area contributed by atoms with Gasteiger partial charge in [0, 0.05) is 11.6 Å². The van der Waals surface area contributed by atoms with Crippen LogP contribution in [0.1, 0.15) is 12.5 Å². The van der Waals surface area contributed by atoms with Crippen molar-refractivity contribution < 1.29 is 9.13 Å². The number of hydrogen-bond donors (Lipinski definition) is 1. The molecule has 0 spiro atoms. The van der Waals surface area contributed by atoms with Crippen LogP contribution in [0.2, 0.25) is 5.02 Å². The van der Waals surface area contributed by atoms with E-state index in [1.165, 1.54) is 12.1 Å². The van der Waals surface area contributed by atoms with Crippen molar-refractivity contribution in [2.75, 3.05) is 11.9 Å². The molecule has 0 unspecified atom stereocenters. The second-order valence-electron chi connectivity index (χ2n) is 4.02. The van der Waals surface area contributed by atoms with E-state index in [0.717, 1.165) is 11.4 Å². The van der Waals surface area contributed by atoms with Gasteiger partial charge in [-0.3, -0.25) is 0 Å². The lowest BCUT2D eigenvalue weighted by Crippen LogP contribution is -2.03. The molecule has 2 aromatic carbocycles. The first-order valence-electron chi connectivity index (χ1n) is 6.10. The standard InChI is InChI=1S/C15H15ClFNO/c1-2-19-15-6-4-3-5-14(15)18-10-11-9-12(17)7-8-13(11)16/h3-9,18H,2,10H2,1H3. The van der Waals surface area contributed by atoms with Gasteiger partial charge in [-0.15, -0.1) is 0 Å². The van der Waals surface area contributed by atoms with Crippen molar-refractivity contribution in [3.63, 3.8) is 0 Å². The summed E-state index contributed by atoms with van der Waals surface area (Å²) in [5.41, 5.74) is 1.58. The van der Waals surface area contributed by atoms with Crippen LogP contribution in [0.4, 0.5) is 10.1 Å². The maximum absolute atomic E-state index is 13.2. The quantitative estimate of drug-likeness (QED) is 0.871. The number of benzene rings is 2. The minimum absolute atomic E-state index is 0.292. The molecule has 4 heteroatoms. The van der Waals surface area contributed by atoms with Crippen molar-refractivity contribution in [1.29, 1.82) is 0 Å². The number of nitrogens with one attached hydrogen (secondary N) is 1. The van der Waals surface area contributed by atoms with E-state index in [-0.39, 0.29) is 5.82 Å². The molecule has 0 radical (unpaired) electrons. The zero-order valence-electron chi connectivity index (χ0n) is 10.6. The first kappa shape index (κ1) is 13.7. The molecule has 0 saturated carbocycles. The molecule has 0 aliphatic heterocycles. The summed E-state index contributed by atoms with van der Waals surface area (Å²) in [6.07, 6.45) is 0. The lowest BCUT2D eigenvalue weighted by atomic mass is 10.2. The highest BCUT2D eigenvalue weighted by molar-refractivity contribution is 6.31. The fraction of sp³-hybridized carbons (Fsp3) is 0.200. The molecule has 2 rings (SSSR count). The van der Waals surface area contributed by atoms with Crippen molar-refractivity contribution in [1.82, 2.24) is 0 Å². The van der Waals surface area contributed by atoms with E-state index < -0.39 is 0 Å². The maximum atomic E-state index is 13.2. The monoisotopic (exact) mass is 279 g/mol.